The normalized spacial score (nSPS) is 10.7. The van der Waals surface area contributed by atoms with E-state index in [-0.39, 0.29) is 11.7 Å². The van der Waals surface area contributed by atoms with Crippen molar-refractivity contribution in [3.63, 3.8) is 0 Å². The Morgan fingerprint density at radius 2 is 2.06 bits per heavy atom. The van der Waals surface area contributed by atoms with E-state index in [2.05, 4.69) is 19.2 Å². The third kappa shape index (κ3) is 4.40. The van der Waals surface area contributed by atoms with Crippen molar-refractivity contribution in [1.82, 2.24) is 5.32 Å². The van der Waals surface area contributed by atoms with Gasteiger partial charge in [0.2, 0.25) is 0 Å². The van der Waals surface area contributed by atoms with Crippen LogP contribution in [-0.2, 0) is 0 Å². The lowest BCUT2D eigenvalue weighted by Crippen LogP contribution is -2.24. The molecule has 0 unspecified atom stereocenters. The predicted molar refractivity (Wildman–Crippen MR) is 73.9 cm³/mol. The maximum Gasteiger partial charge on any atom is 0.255 e. The van der Waals surface area contributed by atoms with E-state index < -0.39 is 0 Å². The monoisotopic (exact) mass is 249 g/mol. The molecule has 1 amide bonds. The first-order valence-corrected chi connectivity index (χ1v) is 6.59. The Hall–Kier alpha value is -1.51. The van der Waals surface area contributed by atoms with Gasteiger partial charge in [-0.1, -0.05) is 38.8 Å². The molecule has 0 atom stereocenters. The van der Waals surface area contributed by atoms with Crippen molar-refractivity contribution in [2.24, 2.45) is 5.92 Å². The smallest absolute Gasteiger partial charge is 0.255 e. The van der Waals surface area contributed by atoms with E-state index in [4.69, 9.17) is 0 Å². The Morgan fingerprint density at radius 1 is 1.33 bits per heavy atom. The number of rotatable bonds is 6. The number of nitrogens with one attached hydrogen (secondary N) is 1. The van der Waals surface area contributed by atoms with Crippen molar-refractivity contribution in [1.29, 1.82) is 0 Å². The largest absolute Gasteiger partial charge is 0.507 e. The van der Waals surface area contributed by atoms with Crippen molar-refractivity contribution in [2.75, 3.05) is 6.54 Å². The van der Waals surface area contributed by atoms with Crippen molar-refractivity contribution in [3.8, 4) is 5.75 Å². The fraction of sp³-hybridized carbons (Fsp3) is 0.533. The quantitative estimate of drug-likeness (QED) is 0.760. The third-order valence-electron chi connectivity index (χ3n) is 2.98. The Morgan fingerprint density at radius 3 is 2.72 bits per heavy atom. The molecule has 1 aromatic carbocycles. The van der Waals surface area contributed by atoms with Gasteiger partial charge in [0.05, 0.1) is 5.56 Å². The summed E-state index contributed by atoms with van der Waals surface area (Å²) >= 11 is 0. The van der Waals surface area contributed by atoms with E-state index in [0.717, 1.165) is 18.4 Å². The molecule has 0 bridgehead atoms. The third-order valence-corrected chi connectivity index (χ3v) is 2.98. The maximum absolute atomic E-state index is 11.8. The van der Waals surface area contributed by atoms with Crippen LogP contribution in [0.5, 0.6) is 5.75 Å². The molecule has 0 aliphatic rings. The maximum atomic E-state index is 11.8. The first-order chi connectivity index (χ1) is 8.52. The van der Waals surface area contributed by atoms with Gasteiger partial charge in [0.1, 0.15) is 5.75 Å². The van der Waals surface area contributed by atoms with Gasteiger partial charge in [-0.05, 0) is 30.9 Å². The van der Waals surface area contributed by atoms with Gasteiger partial charge in [-0.15, -0.1) is 0 Å². The number of para-hydroxylation sites is 1. The molecule has 0 saturated heterocycles. The van der Waals surface area contributed by atoms with Gasteiger partial charge in [-0.3, -0.25) is 4.79 Å². The van der Waals surface area contributed by atoms with Crippen LogP contribution >= 0.6 is 0 Å². The summed E-state index contributed by atoms with van der Waals surface area (Å²) < 4.78 is 0. The highest BCUT2D eigenvalue weighted by Gasteiger charge is 2.11. The number of aryl methyl sites for hydroxylation is 1. The zero-order valence-corrected chi connectivity index (χ0v) is 11.5. The molecule has 3 nitrogen and oxygen atoms in total. The summed E-state index contributed by atoms with van der Waals surface area (Å²) in [6.45, 7) is 6.85. The topological polar surface area (TPSA) is 49.3 Å². The Balaban J connectivity index is 2.39. The van der Waals surface area contributed by atoms with Crippen molar-refractivity contribution >= 4 is 5.91 Å². The number of carbonyl (C=O) groups is 1. The number of carbonyl (C=O) groups excluding carboxylic acids is 1. The number of phenolic OH excluding ortho intramolecular Hbond substituents is 1. The number of unbranched alkanes of at least 4 members (excludes halogenated alkanes) is 1. The van der Waals surface area contributed by atoms with Crippen molar-refractivity contribution in [3.05, 3.63) is 29.3 Å². The van der Waals surface area contributed by atoms with Gasteiger partial charge >= 0.3 is 0 Å². The fourth-order valence-corrected chi connectivity index (χ4v) is 1.82. The molecule has 0 aromatic heterocycles. The summed E-state index contributed by atoms with van der Waals surface area (Å²) in [4.78, 5) is 11.8. The molecule has 0 aliphatic carbocycles. The highest BCUT2D eigenvalue weighted by atomic mass is 16.3. The molecule has 0 radical (unpaired) electrons. The van der Waals surface area contributed by atoms with Crippen LogP contribution < -0.4 is 5.32 Å². The second-order valence-electron chi connectivity index (χ2n) is 5.12. The molecule has 0 heterocycles. The van der Waals surface area contributed by atoms with E-state index in [1.165, 1.54) is 6.42 Å². The molecular weight excluding hydrogens is 226 g/mol. The van der Waals surface area contributed by atoms with Crippen molar-refractivity contribution < 1.29 is 9.90 Å². The average molecular weight is 249 g/mol. The molecular formula is C15H23NO2. The fourth-order valence-electron chi connectivity index (χ4n) is 1.82. The van der Waals surface area contributed by atoms with E-state index >= 15 is 0 Å². The molecule has 0 saturated carbocycles. The number of amides is 1. The molecule has 0 fully saturated rings. The summed E-state index contributed by atoms with van der Waals surface area (Å²) in [5, 5.41) is 12.6. The lowest BCUT2D eigenvalue weighted by Gasteiger charge is -2.09. The van der Waals surface area contributed by atoms with Crippen molar-refractivity contribution in [2.45, 2.75) is 40.0 Å². The summed E-state index contributed by atoms with van der Waals surface area (Å²) in [7, 11) is 0. The SMILES string of the molecule is Cc1cccc(C(=O)NCCCCC(C)C)c1O. The first-order valence-electron chi connectivity index (χ1n) is 6.59. The number of phenols is 1. The van der Waals surface area contributed by atoms with Crippen LogP contribution in [0.3, 0.4) is 0 Å². The van der Waals surface area contributed by atoms with Gasteiger partial charge < -0.3 is 10.4 Å². The number of hydrogen-bond acceptors (Lipinski definition) is 2. The van der Waals surface area contributed by atoms with Gasteiger partial charge in [0.15, 0.2) is 0 Å². The minimum Gasteiger partial charge on any atom is -0.507 e. The van der Waals surface area contributed by atoms with Gasteiger partial charge in [0.25, 0.3) is 5.91 Å². The summed E-state index contributed by atoms with van der Waals surface area (Å²) in [5.41, 5.74) is 1.08. The van der Waals surface area contributed by atoms with Crippen LogP contribution in [-0.4, -0.2) is 17.6 Å². The van der Waals surface area contributed by atoms with Crippen LogP contribution in [0.1, 0.15) is 49.0 Å². The predicted octanol–water partition coefficient (Wildman–Crippen LogP) is 3.26. The zero-order chi connectivity index (χ0) is 13.5. The lowest BCUT2D eigenvalue weighted by atomic mass is 10.1. The zero-order valence-electron chi connectivity index (χ0n) is 11.5. The van der Waals surface area contributed by atoms with Gasteiger partial charge in [-0.25, -0.2) is 0 Å². The summed E-state index contributed by atoms with van der Waals surface area (Å²) in [6, 6.07) is 5.21. The highest BCUT2D eigenvalue weighted by Crippen LogP contribution is 2.21. The highest BCUT2D eigenvalue weighted by molar-refractivity contribution is 5.97. The molecule has 1 aromatic rings. The second kappa shape index (κ2) is 7.04. The van der Waals surface area contributed by atoms with Gasteiger partial charge in [-0.2, -0.15) is 0 Å². The Bertz CT molecular complexity index is 399. The lowest BCUT2D eigenvalue weighted by molar-refractivity contribution is 0.0950. The minimum atomic E-state index is -0.194. The average Bonchev–Trinajstić information content (AvgIpc) is 2.31. The molecule has 3 heteroatoms. The van der Waals surface area contributed by atoms with E-state index in [1.54, 1.807) is 25.1 Å². The molecule has 100 valence electrons. The van der Waals surface area contributed by atoms with Gasteiger partial charge in [0, 0.05) is 6.54 Å². The Labute approximate surface area is 109 Å². The van der Waals surface area contributed by atoms with E-state index in [9.17, 15) is 9.90 Å². The number of aromatic hydroxyl groups is 1. The second-order valence-corrected chi connectivity index (χ2v) is 5.12. The Kier molecular flexibility index (Phi) is 5.69. The number of hydrogen-bond donors (Lipinski definition) is 2. The molecule has 1 rings (SSSR count). The summed E-state index contributed by atoms with van der Waals surface area (Å²) in [6.07, 6.45) is 3.29. The minimum absolute atomic E-state index is 0.0807. The first kappa shape index (κ1) is 14.6. The van der Waals surface area contributed by atoms with Crippen LogP contribution in [0.4, 0.5) is 0 Å². The van der Waals surface area contributed by atoms with Crippen LogP contribution in [0, 0.1) is 12.8 Å². The van der Waals surface area contributed by atoms with E-state index in [1.807, 2.05) is 0 Å². The van der Waals surface area contributed by atoms with Crippen LogP contribution in [0.15, 0.2) is 18.2 Å². The standard InChI is InChI=1S/C15H23NO2/c1-11(2)7-4-5-10-16-15(18)13-9-6-8-12(3)14(13)17/h6,8-9,11,17H,4-5,7,10H2,1-3H3,(H,16,18). The molecule has 2 N–H and O–H groups in total. The molecule has 0 spiro atoms. The molecule has 18 heavy (non-hydrogen) atoms. The van der Waals surface area contributed by atoms with Crippen LogP contribution in [0.25, 0.3) is 0 Å². The summed E-state index contributed by atoms with van der Waals surface area (Å²) in [5.74, 6) is 0.597. The van der Waals surface area contributed by atoms with Crippen LogP contribution in [0.2, 0.25) is 0 Å². The van der Waals surface area contributed by atoms with E-state index in [0.29, 0.717) is 18.0 Å². The molecule has 0 aliphatic heterocycles. The number of benzene rings is 1.